The van der Waals surface area contributed by atoms with Crippen LogP contribution in [-0.2, 0) is 0 Å². The molecule has 2 atom stereocenters. The molecule has 166 valence electrons. The molecule has 0 spiro atoms. The lowest BCUT2D eigenvalue weighted by Gasteiger charge is -2.28. The second kappa shape index (κ2) is 8.61. The second-order valence-corrected chi connectivity index (χ2v) is 8.86. The number of hydrogen-bond acceptors (Lipinski definition) is 2. The number of para-hydroxylation sites is 2. The van der Waals surface area contributed by atoms with E-state index in [9.17, 15) is 4.39 Å². The van der Waals surface area contributed by atoms with E-state index in [-0.39, 0.29) is 17.9 Å². The molecule has 0 unspecified atom stereocenters. The van der Waals surface area contributed by atoms with Gasteiger partial charge >= 0.3 is 0 Å². The van der Waals surface area contributed by atoms with Gasteiger partial charge in [-0.1, -0.05) is 41.9 Å². The van der Waals surface area contributed by atoms with E-state index in [2.05, 4.69) is 27.9 Å². The number of aromatic nitrogens is 2. The molecule has 1 N–H and O–H groups in total. The first kappa shape index (κ1) is 21.6. The summed E-state index contributed by atoms with van der Waals surface area (Å²) in [4.78, 5) is 6.45. The molecular weight excluding hydrogens is 455 g/mol. The van der Waals surface area contributed by atoms with Gasteiger partial charge < -0.3 is 14.8 Å². The summed E-state index contributed by atoms with van der Waals surface area (Å²) < 4.78 is 17.1. The third-order valence-electron chi connectivity index (χ3n) is 6.09. The lowest BCUT2D eigenvalue weighted by molar-refractivity contribution is 0.556. The summed E-state index contributed by atoms with van der Waals surface area (Å²) >= 11 is 12.3. The predicted octanol–water partition coefficient (Wildman–Crippen LogP) is 6.46. The van der Waals surface area contributed by atoms with Crippen molar-refractivity contribution in [2.24, 2.45) is 0 Å². The van der Waals surface area contributed by atoms with E-state index in [1.807, 2.05) is 60.4 Å². The maximum Gasteiger partial charge on any atom is 0.174 e. The molecule has 0 aliphatic carbocycles. The Morgan fingerprint density at radius 2 is 1.67 bits per heavy atom. The van der Waals surface area contributed by atoms with Crippen molar-refractivity contribution >= 4 is 34.6 Å². The highest BCUT2D eigenvalue weighted by molar-refractivity contribution is 7.80. The lowest BCUT2D eigenvalue weighted by Crippen LogP contribution is -2.30. The van der Waals surface area contributed by atoms with E-state index in [4.69, 9.17) is 23.8 Å². The highest BCUT2D eigenvalue weighted by Gasteiger charge is 2.43. The molecule has 2 aromatic heterocycles. The highest BCUT2D eigenvalue weighted by atomic mass is 35.5. The molecule has 7 heteroatoms. The highest BCUT2D eigenvalue weighted by Crippen LogP contribution is 2.44. The van der Waals surface area contributed by atoms with Crippen LogP contribution in [0.4, 0.5) is 10.1 Å². The number of anilines is 1. The van der Waals surface area contributed by atoms with Crippen molar-refractivity contribution in [3.8, 4) is 5.69 Å². The molecule has 1 aliphatic heterocycles. The molecule has 33 heavy (non-hydrogen) atoms. The zero-order valence-corrected chi connectivity index (χ0v) is 19.7. The summed E-state index contributed by atoms with van der Waals surface area (Å²) in [6.07, 6.45) is 1.76. The molecule has 5 rings (SSSR count). The van der Waals surface area contributed by atoms with Crippen molar-refractivity contribution in [1.29, 1.82) is 0 Å². The largest absolute Gasteiger partial charge is 0.351 e. The van der Waals surface area contributed by atoms with Crippen LogP contribution < -0.4 is 10.2 Å². The Kier molecular flexibility index (Phi) is 5.64. The Morgan fingerprint density at radius 3 is 2.36 bits per heavy atom. The molecule has 1 saturated heterocycles. The summed E-state index contributed by atoms with van der Waals surface area (Å²) in [5, 5.41) is 4.52. The van der Waals surface area contributed by atoms with Crippen molar-refractivity contribution in [2.45, 2.75) is 25.9 Å². The van der Waals surface area contributed by atoms with Crippen LogP contribution in [0.25, 0.3) is 5.69 Å². The van der Waals surface area contributed by atoms with Crippen LogP contribution in [0.1, 0.15) is 34.7 Å². The molecular formula is C26H22ClFN4S. The van der Waals surface area contributed by atoms with Gasteiger partial charge in [0, 0.05) is 17.6 Å². The van der Waals surface area contributed by atoms with Crippen LogP contribution in [0.15, 0.2) is 79.0 Å². The van der Waals surface area contributed by atoms with Gasteiger partial charge in [0.05, 0.1) is 34.2 Å². The smallest absolute Gasteiger partial charge is 0.174 e. The summed E-state index contributed by atoms with van der Waals surface area (Å²) in [7, 11) is 0. The van der Waals surface area contributed by atoms with Gasteiger partial charge in [-0.3, -0.25) is 4.98 Å². The SMILES string of the molecule is Cc1cc([C@H]2[C@@H](c3ccccn3)NC(=S)N2c2ccccc2F)c(C)n1-c1ccccc1Cl. The van der Waals surface area contributed by atoms with Crippen molar-refractivity contribution in [3.63, 3.8) is 0 Å². The van der Waals surface area contributed by atoms with Crippen LogP contribution in [0.2, 0.25) is 5.02 Å². The molecule has 0 amide bonds. The Labute approximate surface area is 202 Å². The summed E-state index contributed by atoms with van der Waals surface area (Å²) in [6.45, 7) is 4.10. The molecule has 3 heterocycles. The maximum atomic E-state index is 15.0. The number of hydrogen-bond donors (Lipinski definition) is 1. The third-order valence-corrected chi connectivity index (χ3v) is 6.73. The van der Waals surface area contributed by atoms with E-state index >= 15 is 0 Å². The zero-order chi connectivity index (χ0) is 23.1. The lowest BCUT2D eigenvalue weighted by atomic mass is 9.96. The summed E-state index contributed by atoms with van der Waals surface area (Å²) in [6, 6.07) is 21.8. The number of rotatable bonds is 4. The number of nitrogens with one attached hydrogen (secondary N) is 1. The van der Waals surface area contributed by atoms with Crippen LogP contribution in [0.5, 0.6) is 0 Å². The third kappa shape index (κ3) is 3.69. The van der Waals surface area contributed by atoms with E-state index in [0.717, 1.165) is 28.3 Å². The quantitative estimate of drug-likeness (QED) is 0.343. The first-order valence-corrected chi connectivity index (χ1v) is 11.4. The van der Waals surface area contributed by atoms with Gasteiger partial charge in [-0.05, 0) is 74.1 Å². The first-order valence-electron chi connectivity index (χ1n) is 10.7. The van der Waals surface area contributed by atoms with Gasteiger partial charge in [-0.2, -0.15) is 0 Å². The molecule has 0 radical (unpaired) electrons. The van der Waals surface area contributed by atoms with Gasteiger partial charge in [-0.15, -0.1) is 0 Å². The van der Waals surface area contributed by atoms with Crippen LogP contribution in [0.3, 0.4) is 0 Å². The number of thiocarbonyl (C=S) groups is 1. The van der Waals surface area contributed by atoms with Crippen molar-refractivity contribution in [3.05, 3.63) is 112 Å². The van der Waals surface area contributed by atoms with Gasteiger partial charge in [0.1, 0.15) is 5.82 Å². The van der Waals surface area contributed by atoms with Crippen LogP contribution >= 0.6 is 23.8 Å². The van der Waals surface area contributed by atoms with Gasteiger partial charge in [0.2, 0.25) is 0 Å². The van der Waals surface area contributed by atoms with Crippen molar-refractivity contribution in [1.82, 2.24) is 14.9 Å². The minimum atomic E-state index is -0.326. The fourth-order valence-corrected chi connectivity index (χ4v) is 5.23. The molecule has 1 aliphatic rings. The van der Waals surface area contributed by atoms with Crippen molar-refractivity contribution in [2.75, 3.05) is 4.90 Å². The molecule has 4 aromatic rings. The predicted molar refractivity (Wildman–Crippen MR) is 135 cm³/mol. The topological polar surface area (TPSA) is 33.1 Å². The Balaban J connectivity index is 1.71. The summed E-state index contributed by atoms with van der Waals surface area (Å²) in [5.41, 5.74) is 5.24. The Morgan fingerprint density at radius 1 is 0.970 bits per heavy atom. The average molecular weight is 477 g/mol. The van der Waals surface area contributed by atoms with Gasteiger partial charge in [-0.25, -0.2) is 4.39 Å². The summed E-state index contributed by atoms with van der Waals surface area (Å²) in [5.74, 6) is -0.326. The van der Waals surface area contributed by atoms with E-state index < -0.39 is 0 Å². The number of pyridine rings is 1. The van der Waals surface area contributed by atoms with Gasteiger partial charge in [0.15, 0.2) is 5.11 Å². The average Bonchev–Trinajstić information content (AvgIpc) is 3.30. The van der Waals surface area contributed by atoms with Crippen LogP contribution in [-0.4, -0.2) is 14.7 Å². The number of benzene rings is 2. The monoisotopic (exact) mass is 476 g/mol. The fourth-order valence-electron chi connectivity index (χ4n) is 4.67. The molecule has 4 nitrogen and oxygen atoms in total. The van der Waals surface area contributed by atoms with E-state index in [1.54, 1.807) is 18.3 Å². The number of aryl methyl sites for hydroxylation is 1. The Hall–Kier alpha value is -3.22. The Bertz CT molecular complexity index is 1340. The standard InChI is InChI=1S/C26H22ClFN4S/c1-16-15-18(17(2)31(16)22-12-5-3-9-19(22)27)25-24(21-11-7-8-14-29-21)30-26(33)32(25)23-13-6-4-10-20(23)28/h3-15,24-25H,1-2H3,(H,30,33)/t24-,25+/m1/s1. The number of nitrogens with zero attached hydrogens (tertiary/aromatic N) is 3. The van der Waals surface area contributed by atoms with E-state index in [1.165, 1.54) is 6.07 Å². The van der Waals surface area contributed by atoms with E-state index in [0.29, 0.717) is 15.8 Å². The fraction of sp³-hybridized carbons (Fsp3) is 0.154. The van der Waals surface area contributed by atoms with Gasteiger partial charge in [0.25, 0.3) is 0 Å². The zero-order valence-electron chi connectivity index (χ0n) is 18.2. The molecule has 2 aromatic carbocycles. The van der Waals surface area contributed by atoms with Crippen molar-refractivity contribution < 1.29 is 4.39 Å². The normalized spacial score (nSPS) is 17.9. The number of halogens is 2. The molecule has 1 fully saturated rings. The molecule has 0 bridgehead atoms. The maximum absolute atomic E-state index is 15.0. The minimum Gasteiger partial charge on any atom is -0.351 e. The molecule has 0 saturated carbocycles. The second-order valence-electron chi connectivity index (χ2n) is 8.06. The van der Waals surface area contributed by atoms with Crippen LogP contribution in [0, 0.1) is 19.7 Å². The minimum absolute atomic E-state index is 0.251. The first-order chi connectivity index (χ1) is 16.0.